The number of hydrogen-bond acceptors (Lipinski definition) is 4. The third-order valence-corrected chi connectivity index (χ3v) is 3.70. The highest BCUT2D eigenvalue weighted by Gasteiger charge is 2.19. The molecule has 0 aliphatic heterocycles. The summed E-state index contributed by atoms with van der Waals surface area (Å²) in [6.45, 7) is 10.4. The Morgan fingerprint density at radius 2 is 2.09 bits per heavy atom. The number of pyridine rings is 1. The predicted molar refractivity (Wildman–Crippen MR) is 88.0 cm³/mol. The number of aromatic nitrogens is 3. The van der Waals surface area contributed by atoms with Gasteiger partial charge in [-0.05, 0) is 40.7 Å². The predicted octanol–water partition coefficient (Wildman–Crippen LogP) is 4.04. The molecule has 116 valence electrons. The van der Waals surface area contributed by atoms with Gasteiger partial charge in [0.2, 0.25) is 0 Å². The van der Waals surface area contributed by atoms with Gasteiger partial charge in [0.15, 0.2) is 0 Å². The number of anilines is 1. The van der Waals surface area contributed by atoms with E-state index in [1.54, 1.807) is 6.07 Å². The van der Waals surface area contributed by atoms with Crippen molar-refractivity contribution in [3.05, 3.63) is 40.3 Å². The molecule has 6 heteroatoms. The molecule has 0 saturated carbocycles. The lowest BCUT2D eigenvalue weighted by Gasteiger charge is -2.19. The Kier molecular flexibility index (Phi) is 4.43. The summed E-state index contributed by atoms with van der Waals surface area (Å²) >= 11 is 6.16. The number of halogens is 1. The average molecular weight is 318 g/mol. The Hall–Kier alpha value is -2.06. The molecule has 0 radical (unpaired) electrons. The minimum absolute atomic E-state index is 0.00837. The van der Waals surface area contributed by atoms with E-state index in [2.05, 4.69) is 36.2 Å². The van der Waals surface area contributed by atoms with Crippen molar-refractivity contribution in [2.24, 2.45) is 0 Å². The van der Waals surface area contributed by atoms with Crippen molar-refractivity contribution in [1.82, 2.24) is 14.8 Å². The normalized spacial score (nSPS) is 12.8. The van der Waals surface area contributed by atoms with Gasteiger partial charge in [-0.25, -0.2) is 4.98 Å². The van der Waals surface area contributed by atoms with Crippen LogP contribution in [0.1, 0.15) is 50.6 Å². The molecule has 0 fully saturated rings. The molecule has 1 unspecified atom stereocenters. The van der Waals surface area contributed by atoms with Crippen molar-refractivity contribution in [2.45, 2.75) is 46.2 Å². The van der Waals surface area contributed by atoms with Gasteiger partial charge in [0.25, 0.3) is 0 Å². The van der Waals surface area contributed by atoms with Gasteiger partial charge in [0, 0.05) is 18.0 Å². The monoisotopic (exact) mass is 317 g/mol. The van der Waals surface area contributed by atoms with E-state index in [1.165, 1.54) is 6.20 Å². The van der Waals surface area contributed by atoms with Crippen LogP contribution >= 0.6 is 11.6 Å². The summed E-state index contributed by atoms with van der Waals surface area (Å²) in [6.07, 6.45) is 3.55. The first kappa shape index (κ1) is 16.3. The summed E-state index contributed by atoms with van der Waals surface area (Å²) in [6, 6.07) is 3.64. The van der Waals surface area contributed by atoms with Gasteiger partial charge < -0.3 is 5.32 Å². The highest BCUT2D eigenvalue weighted by Crippen LogP contribution is 2.27. The van der Waals surface area contributed by atoms with Crippen molar-refractivity contribution in [2.75, 3.05) is 5.32 Å². The molecular formula is C16H20ClN5. The summed E-state index contributed by atoms with van der Waals surface area (Å²) in [5.41, 5.74) is 2.45. The molecule has 22 heavy (non-hydrogen) atoms. The van der Waals surface area contributed by atoms with Crippen molar-refractivity contribution >= 4 is 17.4 Å². The number of aryl methyl sites for hydroxylation is 1. The Morgan fingerprint density at radius 3 is 2.59 bits per heavy atom. The van der Waals surface area contributed by atoms with Gasteiger partial charge in [-0.1, -0.05) is 11.6 Å². The fourth-order valence-electron chi connectivity index (χ4n) is 2.13. The zero-order valence-electron chi connectivity index (χ0n) is 13.5. The van der Waals surface area contributed by atoms with E-state index in [1.807, 2.05) is 30.8 Å². The minimum Gasteiger partial charge on any atom is -0.362 e. The molecule has 1 N–H and O–H groups in total. The third-order valence-electron chi connectivity index (χ3n) is 3.41. The number of nitriles is 1. The molecule has 0 amide bonds. The summed E-state index contributed by atoms with van der Waals surface area (Å²) in [7, 11) is 0. The summed E-state index contributed by atoms with van der Waals surface area (Å²) in [4.78, 5) is 4.21. The van der Waals surface area contributed by atoms with E-state index < -0.39 is 0 Å². The Morgan fingerprint density at radius 1 is 1.41 bits per heavy atom. The van der Waals surface area contributed by atoms with Gasteiger partial charge in [0.1, 0.15) is 11.9 Å². The second kappa shape index (κ2) is 5.98. The van der Waals surface area contributed by atoms with Crippen LogP contribution in [0.15, 0.2) is 18.5 Å². The Labute approximate surface area is 135 Å². The van der Waals surface area contributed by atoms with Crippen molar-refractivity contribution in [3.63, 3.8) is 0 Å². The minimum atomic E-state index is -0.0624. The van der Waals surface area contributed by atoms with E-state index in [-0.39, 0.29) is 11.6 Å². The molecule has 1 atom stereocenters. The number of hydrogen-bond donors (Lipinski definition) is 1. The quantitative estimate of drug-likeness (QED) is 0.927. The Bertz CT molecular complexity index is 721. The first-order valence-corrected chi connectivity index (χ1v) is 7.49. The Balaban J connectivity index is 2.25. The molecule has 2 rings (SSSR count). The summed E-state index contributed by atoms with van der Waals surface area (Å²) < 4.78 is 1.96. The third kappa shape index (κ3) is 3.40. The van der Waals surface area contributed by atoms with Crippen LogP contribution in [0.3, 0.4) is 0 Å². The van der Waals surface area contributed by atoms with Crippen LogP contribution in [-0.2, 0) is 5.54 Å². The molecule has 0 aliphatic rings. The van der Waals surface area contributed by atoms with Crippen molar-refractivity contribution in [1.29, 1.82) is 5.26 Å². The lowest BCUT2D eigenvalue weighted by molar-refractivity contribution is 0.354. The first-order chi connectivity index (χ1) is 10.2. The standard InChI is InChI=1S/C16H20ClN5/c1-10(13-9-22(16(3,4)5)21-11(13)2)20-15-14(17)6-12(7-18)8-19-15/h6,8-10H,1-5H3,(H,19,20). The van der Waals surface area contributed by atoms with Gasteiger partial charge in [0.05, 0.1) is 27.9 Å². The summed E-state index contributed by atoms with van der Waals surface area (Å²) in [5, 5.41) is 17.1. The van der Waals surface area contributed by atoms with Crippen LogP contribution in [0.25, 0.3) is 0 Å². The number of nitrogens with zero attached hydrogens (tertiary/aromatic N) is 4. The zero-order valence-corrected chi connectivity index (χ0v) is 14.2. The zero-order chi connectivity index (χ0) is 16.5. The van der Waals surface area contributed by atoms with Crippen molar-refractivity contribution < 1.29 is 0 Å². The molecule has 0 aliphatic carbocycles. The van der Waals surface area contributed by atoms with Gasteiger partial charge in [-0.2, -0.15) is 10.4 Å². The smallest absolute Gasteiger partial charge is 0.145 e. The van der Waals surface area contributed by atoms with Gasteiger partial charge in [-0.3, -0.25) is 4.68 Å². The molecule has 0 spiro atoms. The van der Waals surface area contributed by atoms with Gasteiger partial charge in [-0.15, -0.1) is 0 Å². The van der Waals surface area contributed by atoms with Crippen LogP contribution in [-0.4, -0.2) is 14.8 Å². The fourth-order valence-corrected chi connectivity index (χ4v) is 2.35. The molecule has 2 heterocycles. The maximum Gasteiger partial charge on any atom is 0.145 e. The lowest BCUT2D eigenvalue weighted by Crippen LogP contribution is -2.22. The fraction of sp³-hybridized carbons (Fsp3) is 0.438. The number of nitrogens with one attached hydrogen (secondary N) is 1. The highest BCUT2D eigenvalue weighted by atomic mass is 35.5. The van der Waals surface area contributed by atoms with E-state index in [9.17, 15) is 0 Å². The van der Waals surface area contributed by atoms with Crippen LogP contribution in [0.5, 0.6) is 0 Å². The molecule has 2 aromatic heterocycles. The maximum absolute atomic E-state index is 8.85. The molecule has 2 aromatic rings. The van der Waals surface area contributed by atoms with Crippen LogP contribution in [0, 0.1) is 18.3 Å². The molecule has 5 nitrogen and oxygen atoms in total. The second-order valence-corrected chi connectivity index (χ2v) is 6.72. The van der Waals surface area contributed by atoms with Gasteiger partial charge >= 0.3 is 0 Å². The highest BCUT2D eigenvalue weighted by molar-refractivity contribution is 6.33. The number of rotatable bonds is 3. The second-order valence-electron chi connectivity index (χ2n) is 6.32. The van der Waals surface area contributed by atoms with Crippen LogP contribution < -0.4 is 5.32 Å². The summed E-state index contributed by atoms with van der Waals surface area (Å²) in [5.74, 6) is 0.566. The SMILES string of the molecule is Cc1nn(C(C)(C)C)cc1C(C)Nc1ncc(C#N)cc1Cl. The molecule has 0 bridgehead atoms. The van der Waals surface area contributed by atoms with Crippen LogP contribution in [0.4, 0.5) is 5.82 Å². The lowest BCUT2D eigenvalue weighted by atomic mass is 10.1. The molecule has 0 aromatic carbocycles. The average Bonchev–Trinajstić information content (AvgIpc) is 2.83. The largest absolute Gasteiger partial charge is 0.362 e. The first-order valence-electron chi connectivity index (χ1n) is 7.11. The van der Waals surface area contributed by atoms with E-state index in [4.69, 9.17) is 16.9 Å². The topological polar surface area (TPSA) is 66.5 Å². The molecule has 0 saturated heterocycles. The van der Waals surface area contributed by atoms with Crippen molar-refractivity contribution in [3.8, 4) is 6.07 Å². The van der Waals surface area contributed by atoms with E-state index in [0.29, 0.717) is 16.4 Å². The molecular weight excluding hydrogens is 298 g/mol. The maximum atomic E-state index is 8.85. The van der Waals surface area contributed by atoms with E-state index >= 15 is 0 Å². The van der Waals surface area contributed by atoms with Crippen LogP contribution in [0.2, 0.25) is 5.02 Å². The van der Waals surface area contributed by atoms with E-state index in [0.717, 1.165) is 11.3 Å².